The van der Waals surface area contributed by atoms with Crippen LogP contribution in [0.5, 0.6) is 0 Å². The van der Waals surface area contributed by atoms with Crippen molar-refractivity contribution in [3.8, 4) is 0 Å². The van der Waals surface area contributed by atoms with Crippen LogP contribution in [-0.4, -0.2) is 193 Å². The van der Waals surface area contributed by atoms with Gasteiger partial charge in [-0.2, -0.15) is 77.4 Å². The van der Waals surface area contributed by atoms with Crippen molar-refractivity contribution in [1.29, 1.82) is 0 Å². The van der Waals surface area contributed by atoms with Gasteiger partial charge < -0.3 is 48.9 Å². The highest BCUT2D eigenvalue weighted by Crippen LogP contribution is 2.48. The summed E-state index contributed by atoms with van der Waals surface area (Å²) < 4.78 is 205. The van der Waals surface area contributed by atoms with E-state index in [2.05, 4.69) is 37.5 Å². The van der Waals surface area contributed by atoms with Gasteiger partial charge in [0.05, 0.1) is 42.6 Å². The number of halogens is 9. The maximum absolute atomic E-state index is 13.8. The van der Waals surface area contributed by atoms with E-state index in [1.165, 1.54) is 45.1 Å². The number of methoxy groups -OCH3 is 2. The number of carbonyl (C=O) groups excluding carboxylic acids is 9. The zero-order valence-corrected chi connectivity index (χ0v) is 77.9. The lowest BCUT2D eigenvalue weighted by atomic mass is 10.0. The Morgan fingerprint density at radius 3 is 0.934 bits per heavy atom. The van der Waals surface area contributed by atoms with Gasteiger partial charge in [0.1, 0.15) is 45.7 Å². The van der Waals surface area contributed by atoms with E-state index in [4.69, 9.17) is 18.9 Å². The zero-order valence-electron chi connectivity index (χ0n) is 71.3. The number of fused-ring (bicyclic) bond motifs is 3. The quantitative estimate of drug-likeness (QED) is 0.00425. The van der Waals surface area contributed by atoms with E-state index in [1.807, 2.05) is 186 Å². The first-order chi connectivity index (χ1) is 65.2. The minimum atomic E-state index is -6.85. The van der Waals surface area contributed by atoms with Crippen molar-refractivity contribution in [2.45, 2.75) is 88.3 Å². The molecule has 29 nitrogen and oxygen atoms in total. The topological polar surface area (TPSA) is 387 Å². The van der Waals surface area contributed by atoms with Gasteiger partial charge >= 0.3 is 64.8 Å². The number of aliphatic hydroxyl groups is 1. The number of thiol groups is 1. The Morgan fingerprint density at radius 2 is 0.650 bits per heavy atom. The molecule has 0 bridgehead atoms. The second-order valence-electron chi connectivity index (χ2n) is 29.3. The maximum Gasteiger partial charge on any atom is 0.534 e. The molecule has 9 aromatic rings. The fourth-order valence-corrected chi connectivity index (χ4v) is 20.6. The molecule has 0 radical (unpaired) electrons. The molecule has 15 rings (SSSR count). The number of thioether (sulfide) groups is 4. The Labute approximate surface area is 801 Å². The Balaban J connectivity index is 0.000000180. The van der Waals surface area contributed by atoms with Gasteiger partial charge in [0.25, 0.3) is 17.7 Å². The van der Waals surface area contributed by atoms with Gasteiger partial charge in [-0.15, -0.1) is 38.9 Å². The van der Waals surface area contributed by atoms with E-state index in [-0.39, 0.29) is 59.9 Å². The van der Waals surface area contributed by atoms with Crippen LogP contribution >= 0.6 is 59.7 Å². The molecule has 6 heterocycles. The molecule has 6 atom stereocenters. The van der Waals surface area contributed by atoms with Crippen molar-refractivity contribution < 1.29 is 145 Å². The van der Waals surface area contributed by atoms with E-state index in [9.17, 15) is 113 Å². The summed E-state index contributed by atoms with van der Waals surface area (Å²) in [7, 11) is -16.7. The second kappa shape index (κ2) is 47.3. The third kappa shape index (κ3) is 26.8. The molecule has 4 N–H and O–H groups in total. The molecule has 46 heteroatoms. The highest BCUT2D eigenvalue weighted by molar-refractivity contribution is 8.06. The highest BCUT2D eigenvalue weighted by Gasteiger charge is 2.61. The van der Waals surface area contributed by atoms with Crippen molar-refractivity contribution in [3.05, 3.63) is 357 Å². The summed E-state index contributed by atoms with van der Waals surface area (Å²) in [6.07, 6.45) is -2.14. The number of esters is 3. The van der Waals surface area contributed by atoms with Crippen LogP contribution in [0, 0.1) is 0 Å². The Hall–Kier alpha value is -12.1. The number of alkyl halides is 9. The van der Waals surface area contributed by atoms with Gasteiger partial charge in [0, 0.05) is 24.9 Å². The summed E-state index contributed by atoms with van der Waals surface area (Å²) in [5.41, 5.74) is -12.5. The Bertz CT molecular complexity index is 6070. The Kier molecular flexibility index (Phi) is 36.4. The normalized spacial score (nSPS) is 17.9. The van der Waals surface area contributed by atoms with Gasteiger partial charge in [0.2, 0.25) is 17.7 Å². The van der Waals surface area contributed by atoms with Crippen molar-refractivity contribution >= 4 is 143 Å². The molecule has 3 fully saturated rings. The van der Waals surface area contributed by atoms with E-state index in [0.717, 1.165) is 50.0 Å². The van der Waals surface area contributed by atoms with Gasteiger partial charge in [0.15, 0.2) is 35.5 Å². The summed E-state index contributed by atoms with van der Waals surface area (Å²) in [5, 5.41) is 17.0. The molecular weight excluding hydrogens is 1970 g/mol. The molecule has 3 saturated heterocycles. The van der Waals surface area contributed by atoms with Gasteiger partial charge in [-0.1, -0.05) is 285 Å². The molecule has 6 aliphatic heterocycles. The van der Waals surface area contributed by atoms with Crippen LogP contribution in [0.2, 0.25) is 0 Å². The molecule has 0 aliphatic carbocycles. The average molecular weight is 2050 g/mol. The number of β-lactam (4-membered cyclic amide) rings is 3. The maximum atomic E-state index is 13.8. The number of carbonyl (C=O) groups is 9. The third-order valence-corrected chi connectivity index (χ3v) is 28.8. The van der Waals surface area contributed by atoms with Gasteiger partial charge in [-0.25, -0.2) is 14.4 Å². The van der Waals surface area contributed by atoms with E-state index < -0.39 is 152 Å². The molecule has 724 valence electrons. The summed E-state index contributed by atoms with van der Waals surface area (Å²) in [6.45, 7) is 0. The molecule has 137 heavy (non-hydrogen) atoms. The van der Waals surface area contributed by atoms with Crippen molar-refractivity contribution in [3.63, 3.8) is 0 Å². The number of aliphatic hydroxyl groups excluding tert-OH is 1. The number of hydrogen-bond acceptors (Lipinski definition) is 28. The summed E-state index contributed by atoms with van der Waals surface area (Å²) in [6, 6.07) is 79.2. The van der Waals surface area contributed by atoms with Crippen LogP contribution in [0.4, 0.5) is 39.5 Å². The van der Waals surface area contributed by atoms with Crippen LogP contribution in [0.25, 0.3) is 0 Å². The van der Waals surface area contributed by atoms with Crippen LogP contribution in [-0.2, 0) is 124 Å². The lowest BCUT2D eigenvalue weighted by molar-refractivity contribution is -0.155. The summed E-state index contributed by atoms with van der Waals surface area (Å²) in [5.74, 6) is -5.47. The number of ether oxygens (including phenoxy) is 5. The number of amides is 6. The SMILES string of the molecule is COCS.COCSC1=C(C(=O)OC(c2ccccc2)c2ccccc2)N2C(=O)[C@@H](NC(=O)Cc3ccccc3)[C@H]2SC1.O=C(Cc1ccccc1)N[C@@H]1C(=O)N2C(C(=O)OC(c3ccccc3)c3ccccc3)=C(O)CS[C@H]12.O=C(Cc1ccccc1)N[C@@H]1C(=O)N2C(C(=O)OC(c3ccccc3)c3ccccc3)=C(OS(=O)(=O)C(F)(F)F)CS[C@H]12.O=S(=O)(OS(=O)(=O)C(F)(F)F)C(F)(F)F. The van der Waals surface area contributed by atoms with Crippen LogP contribution < -0.4 is 16.0 Å². The standard InChI is InChI=1S/C30H28N2O5S2.C29H23F3N2O7S2.C28H24N2O5S.C2F6O5S2.C2H6OS/c1-36-19-39-23-18-38-29-25(31-24(33)17-20-11-5-2-6-12-20)28(34)32(29)26(23)30(35)37-27(21-13-7-3-8-14-21)22-15-9-4-10-16-22;30-29(31,32)43(38,39)41-21-17-42-27-23(33-22(35)16-18-10-4-1-5-11-18)26(36)34(27)24(21)28(37)40-25(19-12-6-2-7-13-19)20-14-8-3-9-15-20;31-21-17-36-27-23(29-22(32)16-18-10-4-1-5-11-18)26(33)30(27)24(21)28(34)35-25(19-12-6-2-7-13-19)20-14-8-3-9-15-20;3-1(4,5)14(9,10)13-15(11,12)2(6,7)8;1-3-2-4/h2-16,25,27,29H,17-19H2,1H3,(H,31,33);1-15,23,25,27H,16-17H2,(H,33,35);1-15,23,25,27,31H,16-17H2,(H,29,32);;4H,2H2,1H3/t25-,29-;2*23-,27-;;/m111../s1. The predicted molar refractivity (Wildman–Crippen MR) is 489 cm³/mol. The number of hydrogen-bond donors (Lipinski definition) is 5. The average Bonchev–Trinajstić information content (AvgIpc) is 0.733. The van der Waals surface area contributed by atoms with Gasteiger partial charge in [-0.3, -0.25) is 43.5 Å². The molecule has 0 aromatic heterocycles. The molecule has 6 amide bonds. The summed E-state index contributed by atoms with van der Waals surface area (Å²) >= 11 is 8.70. The lowest BCUT2D eigenvalue weighted by Gasteiger charge is -2.49. The molecule has 9 aromatic carbocycles. The Morgan fingerprint density at radius 1 is 0.394 bits per heavy atom. The third-order valence-electron chi connectivity index (χ3n) is 20.0. The number of rotatable bonds is 29. The second-order valence-corrected chi connectivity index (χ2v) is 38.7. The monoisotopic (exact) mass is 2050 g/mol. The first-order valence-corrected chi connectivity index (χ1v) is 49.4. The highest BCUT2D eigenvalue weighted by atomic mass is 32.3. The lowest BCUT2D eigenvalue weighted by Crippen LogP contribution is -2.70. The minimum Gasteiger partial charge on any atom is -0.509 e. The van der Waals surface area contributed by atoms with E-state index in [0.29, 0.717) is 39.2 Å². The van der Waals surface area contributed by atoms with E-state index >= 15 is 0 Å². The molecule has 0 saturated carbocycles. The summed E-state index contributed by atoms with van der Waals surface area (Å²) in [4.78, 5) is 123. The van der Waals surface area contributed by atoms with Gasteiger partial charge in [-0.05, 0) is 50.1 Å². The number of nitrogens with one attached hydrogen (secondary N) is 3. The fraction of sp³-hybridized carbons (Fsp3) is 0.242. The first-order valence-electron chi connectivity index (χ1n) is 40.4. The number of nitrogens with zero attached hydrogens (tertiary/aromatic N) is 3. The molecular formula is C91H81F9N6O23S8. The van der Waals surface area contributed by atoms with Crippen LogP contribution in [0.3, 0.4) is 0 Å². The predicted octanol–water partition coefficient (Wildman–Crippen LogP) is 13.5. The van der Waals surface area contributed by atoms with Crippen LogP contribution in [0.15, 0.2) is 307 Å². The van der Waals surface area contributed by atoms with Crippen molar-refractivity contribution in [1.82, 2.24) is 30.7 Å². The largest absolute Gasteiger partial charge is 0.534 e. The molecule has 6 aliphatic rings. The van der Waals surface area contributed by atoms with Crippen molar-refractivity contribution in [2.24, 2.45) is 0 Å². The number of benzene rings is 9. The van der Waals surface area contributed by atoms with Crippen molar-refractivity contribution in [2.75, 3.05) is 43.4 Å². The molecule has 0 spiro atoms. The van der Waals surface area contributed by atoms with E-state index in [1.54, 1.807) is 105 Å². The fourth-order valence-electron chi connectivity index (χ4n) is 13.7. The van der Waals surface area contributed by atoms with Crippen LogP contribution in [0.1, 0.15) is 68.4 Å². The first kappa shape index (κ1) is 105. The molecule has 0 unspecified atom stereocenters. The smallest absolute Gasteiger partial charge is 0.509 e. The zero-order chi connectivity index (χ0) is 99.2. The minimum absolute atomic E-state index is 0.0409.